The van der Waals surface area contributed by atoms with E-state index in [0.29, 0.717) is 18.9 Å². The fourth-order valence-electron chi connectivity index (χ4n) is 4.18. The molecule has 0 unspecified atom stereocenters. The summed E-state index contributed by atoms with van der Waals surface area (Å²) in [5, 5.41) is 9.03. The third kappa shape index (κ3) is 3.92. The van der Waals surface area contributed by atoms with E-state index in [2.05, 4.69) is 41.8 Å². The number of hydrogen-bond donors (Lipinski definition) is 1. The lowest BCUT2D eigenvalue weighted by atomic mass is 10.0. The fourth-order valence-corrected chi connectivity index (χ4v) is 4.18. The third-order valence-electron chi connectivity index (χ3n) is 5.53. The van der Waals surface area contributed by atoms with Crippen molar-refractivity contribution in [3.05, 3.63) is 53.6 Å². The van der Waals surface area contributed by atoms with Crippen LogP contribution >= 0.6 is 0 Å². The van der Waals surface area contributed by atoms with E-state index in [9.17, 15) is 4.79 Å². The summed E-state index contributed by atoms with van der Waals surface area (Å²) in [5.74, 6) is 0.830. The second-order valence-electron chi connectivity index (χ2n) is 7.70. The van der Waals surface area contributed by atoms with Crippen LogP contribution in [0.1, 0.15) is 25.0 Å². The Morgan fingerprint density at radius 3 is 2.50 bits per heavy atom. The Morgan fingerprint density at radius 2 is 1.75 bits per heavy atom. The molecular formula is C22H26N2O4. The minimum atomic E-state index is -0.795. The highest BCUT2D eigenvalue weighted by Crippen LogP contribution is 2.36. The predicted octanol–water partition coefficient (Wildman–Crippen LogP) is 3.14. The molecule has 0 radical (unpaired) electrons. The molecule has 28 heavy (non-hydrogen) atoms. The van der Waals surface area contributed by atoms with Gasteiger partial charge in [-0.3, -0.25) is 9.69 Å². The van der Waals surface area contributed by atoms with Crippen molar-refractivity contribution in [2.45, 2.75) is 38.9 Å². The minimum Gasteiger partial charge on any atom is -0.481 e. The summed E-state index contributed by atoms with van der Waals surface area (Å²) in [7, 11) is 0. The quantitative estimate of drug-likeness (QED) is 0.857. The van der Waals surface area contributed by atoms with Gasteiger partial charge >= 0.3 is 5.97 Å². The van der Waals surface area contributed by atoms with Crippen molar-refractivity contribution in [2.75, 3.05) is 24.8 Å². The summed E-state index contributed by atoms with van der Waals surface area (Å²) in [6, 6.07) is 14.8. The van der Waals surface area contributed by atoms with Crippen molar-refractivity contribution in [3.63, 3.8) is 0 Å². The second kappa shape index (κ2) is 7.72. The number of anilines is 1. The number of carboxylic acids is 1. The largest absolute Gasteiger partial charge is 0.481 e. The number of rotatable bonds is 5. The van der Waals surface area contributed by atoms with Crippen LogP contribution in [0.25, 0.3) is 0 Å². The molecular weight excluding hydrogens is 356 g/mol. The molecule has 2 aliphatic heterocycles. The maximum absolute atomic E-state index is 11.0. The summed E-state index contributed by atoms with van der Waals surface area (Å²) in [6.07, 6.45) is 0.0663. The SMILES string of the molecule is C[C@@H]1CN(c2ccc3c(c2)OCO3)C[C@H](C)N1Cc1cccc(CC(=O)O)c1. The third-order valence-corrected chi connectivity index (χ3v) is 5.53. The number of carboxylic acid groups (broad SMARTS) is 1. The van der Waals surface area contributed by atoms with E-state index in [4.69, 9.17) is 14.6 Å². The zero-order valence-corrected chi connectivity index (χ0v) is 16.3. The maximum atomic E-state index is 11.0. The lowest BCUT2D eigenvalue weighted by Crippen LogP contribution is -2.56. The Kier molecular flexibility index (Phi) is 5.13. The fraction of sp³-hybridized carbons (Fsp3) is 0.409. The molecule has 1 N–H and O–H groups in total. The van der Waals surface area contributed by atoms with Gasteiger partial charge in [-0.05, 0) is 37.1 Å². The van der Waals surface area contributed by atoms with Crippen LogP contribution in [0.4, 0.5) is 5.69 Å². The van der Waals surface area contributed by atoms with E-state index in [-0.39, 0.29) is 6.42 Å². The first-order valence-corrected chi connectivity index (χ1v) is 9.69. The standard InChI is InChI=1S/C22H26N2O4/c1-15-11-23(19-6-7-20-21(10-19)28-14-27-20)12-16(2)24(15)13-18-5-3-4-17(8-18)9-22(25)26/h3-8,10,15-16H,9,11-14H2,1-2H3,(H,25,26)/t15-,16+. The van der Waals surface area contributed by atoms with Crippen LogP contribution in [0.2, 0.25) is 0 Å². The van der Waals surface area contributed by atoms with Gasteiger partial charge in [0.2, 0.25) is 6.79 Å². The van der Waals surface area contributed by atoms with E-state index < -0.39 is 5.97 Å². The number of fused-ring (bicyclic) bond motifs is 1. The molecule has 6 heteroatoms. The summed E-state index contributed by atoms with van der Waals surface area (Å²) in [6.45, 7) is 7.47. The van der Waals surface area contributed by atoms with E-state index in [1.54, 1.807) is 0 Å². The van der Waals surface area contributed by atoms with Gasteiger partial charge in [0.05, 0.1) is 6.42 Å². The highest BCUT2D eigenvalue weighted by atomic mass is 16.7. The van der Waals surface area contributed by atoms with Crippen molar-refractivity contribution in [1.29, 1.82) is 0 Å². The Labute approximate surface area is 165 Å². The topological polar surface area (TPSA) is 62.2 Å². The van der Waals surface area contributed by atoms with Crippen LogP contribution in [-0.2, 0) is 17.8 Å². The highest BCUT2D eigenvalue weighted by molar-refractivity contribution is 5.70. The van der Waals surface area contributed by atoms with Gasteiger partial charge in [0.1, 0.15) is 0 Å². The maximum Gasteiger partial charge on any atom is 0.307 e. The molecule has 1 fully saturated rings. The number of aliphatic carboxylic acids is 1. The van der Waals surface area contributed by atoms with E-state index >= 15 is 0 Å². The van der Waals surface area contributed by atoms with E-state index in [1.807, 2.05) is 24.3 Å². The molecule has 0 spiro atoms. The van der Waals surface area contributed by atoms with Crippen molar-refractivity contribution in [1.82, 2.24) is 4.90 Å². The molecule has 0 aliphatic carbocycles. The van der Waals surface area contributed by atoms with Gasteiger partial charge < -0.3 is 19.5 Å². The first kappa shape index (κ1) is 18.6. The molecule has 2 aromatic rings. The Balaban J connectivity index is 1.45. The molecule has 6 nitrogen and oxygen atoms in total. The number of carbonyl (C=O) groups is 1. The van der Waals surface area contributed by atoms with Crippen LogP contribution in [0, 0.1) is 0 Å². The van der Waals surface area contributed by atoms with Crippen molar-refractivity contribution >= 4 is 11.7 Å². The van der Waals surface area contributed by atoms with Gasteiger partial charge in [-0.25, -0.2) is 0 Å². The first-order chi connectivity index (χ1) is 13.5. The van der Waals surface area contributed by atoms with Gasteiger partial charge in [-0.1, -0.05) is 24.3 Å². The smallest absolute Gasteiger partial charge is 0.307 e. The average molecular weight is 382 g/mol. The van der Waals surface area contributed by atoms with Crippen LogP contribution in [0.3, 0.4) is 0 Å². The van der Waals surface area contributed by atoms with Crippen molar-refractivity contribution in [2.24, 2.45) is 0 Å². The van der Waals surface area contributed by atoms with Gasteiger partial charge in [0.25, 0.3) is 0 Å². The first-order valence-electron chi connectivity index (χ1n) is 9.69. The van der Waals surface area contributed by atoms with E-state index in [0.717, 1.165) is 47.9 Å². The molecule has 0 bridgehead atoms. The molecule has 0 saturated carbocycles. The molecule has 1 saturated heterocycles. The zero-order chi connectivity index (χ0) is 19.7. The predicted molar refractivity (Wildman–Crippen MR) is 107 cm³/mol. The van der Waals surface area contributed by atoms with Gasteiger partial charge in [-0.2, -0.15) is 0 Å². The summed E-state index contributed by atoms with van der Waals surface area (Å²) < 4.78 is 10.9. The Bertz CT molecular complexity index is 857. The van der Waals surface area contributed by atoms with Gasteiger partial charge in [-0.15, -0.1) is 0 Å². The lowest BCUT2D eigenvalue weighted by Gasteiger charge is -2.45. The van der Waals surface area contributed by atoms with Gasteiger partial charge in [0, 0.05) is 43.5 Å². The molecule has 148 valence electrons. The van der Waals surface area contributed by atoms with Crippen LogP contribution in [0.5, 0.6) is 11.5 Å². The summed E-state index contributed by atoms with van der Waals surface area (Å²) in [5.41, 5.74) is 3.17. The molecule has 4 rings (SSSR count). The van der Waals surface area contributed by atoms with Crippen molar-refractivity contribution in [3.8, 4) is 11.5 Å². The summed E-state index contributed by atoms with van der Waals surface area (Å²) in [4.78, 5) is 15.9. The number of piperazine rings is 1. The Hall–Kier alpha value is -2.73. The Morgan fingerprint density at radius 1 is 1.04 bits per heavy atom. The van der Waals surface area contributed by atoms with Crippen LogP contribution in [-0.4, -0.2) is 47.9 Å². The number of ether oxygens (including phenoxy) is 2. The number of benzene rings is 2. The van der Waals surface area contributed by atoms with Crippen LogP contribution < -0.4 is 14.4 Å². The second-order valence-corrected chi connectivity index (χ2v) is 7.70. The zero-order valence-electron chi connectivity index (χ0n) is 16.3. The van der Waals surface area contributed by atoms with E-state index in [1.165, 1.54) is 0 Å². The van der Waals surface area contributed by atoms with Crippen LogP contribution in [0.15, 0.2) is 42.5 Å². The highest BCUT2D eigenvalue weighted by Gasteiger charge is 2.30. The van der Waals surface area contributed by atoms with Crippen molar-refractivity contribution < 1.29 is 19.4 Å². The average Bonchev–Trinajstić information content (AvgIpc) is 3.12. The minimum absolute atomic E-state index is 0.0663. The normalized spacial score (nSPS) is 21.7. The monoisotopic (exact) mass is 382 g/mol. The number of hydrogen-bond acceptors (Lipinski definition) is 5. The molecule has 2 aliphatic rings. The number of nitrogens with zero attached hydrogens (tertiary/aromatic N) is 2. The molecule has 0 amide bonds. The molecule has 2 atom stereocenters. The molecule has 2 heterocycles. The molecule has 2 aromatic carbocycles. The van der Waals surface area contributed by atoms with Gasteiger partial charge in [0.15, 0.2) is 11.5 Å². The summed E-state index contributed by atoms with van der Waals surface area (Å²) >= 11 is 0. The lowest BCUT2D eigenvalue weighted by molar-refractivity contribution is -0.136. The molecule has 0 aromatic heterocycles.